The van der Waals surface area contributed by atoms with Crippen molar-refractivity contribution in [1.82, 2.24) is 0 Å². The molecule has 0 unspecified atom stereocenters. The van der Waals surface area contributed by atoms with Gasteiger partial charge in [0.15, 0.2) is 0 Å². The van der Waals surface area contributed by atoms with Crippen LogP contribution in [-0.4, -0.2) is 0 Å². The summed E-state index contributed by atoms with van der Waals surface area (Å²) >= 11 is 1.62. The summed E-state index contributed by atoms with van der Waals surface area (Å²) < 4.78 is 0. The van der Waals surface area contributed by atoms with Gasteiger partial charge in [-0.2, -0.15) is 0 Å². The van der Waals surface area contributed by atoms with Crippen molar-refractivity contribution in [3.63, 3.8) is 0 Å². The first-order valence-corrected chi connectivity index (χ1v) is 4.58. The van der Waals surface area contributed by atoms with Crippen LogP contribution in [-0.2, 0) is 0 Å². The van der Waals surface area contributed by atoms with Crippen molar-refractivity contribution in [2.24, 2.45) is 0 Å². The van der Waals surface area contributed by atoms with Crippen LogP contribution in [0.25, 0.3) is 10.4 Å². The maximum atomic E-state index is 5.63. The van der Waals surface area contributed by atoms with E-state index in [4.69, 9.17) is 5.73 Å². The number of benzene rings is 1. The van der Waals surface area contributed by atoms with Crippen molar-refractivity contribution in [1.29, 1.82) is 0 Å². The van der Waals surface area contributed by atoms with Crippen molar-refractivity contribution in [2.75, 3.05) is 5.73 Å². The molecule has 60 valence electrons. The zero-order valence-electron chi connectivity index (χ0n) is 6.53. The Morgan fingerprint density at radius 3 is 2.25 bits per heavy atom. The van der Waals surface area contributed by atoms with Gasteiger partial charge in [0, 0.05) is 4.88 Å². The highest BCUT2D eigenvalue weighted by atomic mass is 32.1. The highest BCUT2D eigenvalue weighted by Gasteiger charge is 1.98. The third-order valence-corrected chi connectivity index (χ3v) is 2.65. The third kappa shape index (κ3) is 1.34. The van der Waals surface area contributed by atoms with Crippen LogP contribution in [0.5, 0.6) is 0 Å². The first-order chi connectivity index (χ1) is 5.86. The first kappa shape index (κ1) is 7.37. The number of nitrogens with two attached hydrogens (primary N) is 1. The fourth-order valence-corrected chi connectivity index (χ4v) is 1.89. The molecule has 2 heteroatoms. The van der Waals surface area contributed by atoms with E-state index in [0.717, 1.165) is 5.00 Å². The second-order valence-corrected chi connectivity index (χ2v) is 3.68. The quantitative estimate of drug-likeness (QED) is 0.708. The lowest BCUT2D eigenvalue weighted by molar-refractivity contribution is 1.70. The summed E-state index contributed by atoms with van der Waals surface area (Å²) in [4.78, 5) is 1.23. The van der Waals surface area contributed by atoms with Crippen molar-refractivity contribution in [3.8, 4) is 10.4 Å². The smallest absolute Gasteiger partial charge is 0.0862 e. The minimum absolute atomic E-state index is 0.869. The van der Waals surface area contributed by atoms with Crippen molar-refractivity contribution < 1.29 is 0 Å². The molecule has 1 aromatic heterocycles. The van der Waals surface area contributed by atoms with Gasteiger partial charge in [-0.05, 0) is 17.7 Å². The van der Waals surface area contributed by atoms with Crippen molar-refractivity contribution in [3.05, 3.63) is 42.5 Å². The molecule has 2 aromatic rings. The molecule has 0 aliphatic carbocycles. The molecule has 0 amide bonds. The molecule has 1 nitrogen and oxygen atoms in total. The molecule has 12 heavy (non-hydrogen) atoms. The predicted octanol–water partition coefficient (Wildman–Crippen LogP) is 3.00. The van der Waals surface area contributed by atoms with Gasteiger partial charge in [-0.3, -0.25) is 0 Å². The highest BCUT2D eigenvalue weighted by Crippen LogP contribution is 2.28. The highest BCUT2D eigenvalue weighted by molar-refractivity contribution is 7.19. The van der Waals surface area contributed by atoms with Crippen LogP contribution < -0.4 is 5.73 Å². The summed E-state index contributed by atoms with van der Waals surface area (Å²) in [6.45, 7) is 0. The van der Waals surface area contributed by atoms with Gasteiger partial charge in [0.1, 0.15) is 0 Å². The third-order valence-electron chi connectivity index (χ3n) is 1.69. The normalized spacial score (nSPS) is 10.0. The zero-order chi connectivity index (χ0) is 8.39. The summed E-state index contributed by atoms with van der Waals surface area (Å²) in [6.07, 6.45) is 0. The second kappa shape index (κ2) is 2.99. The standard InChI is InChI=1S/C10H9NS/c11-10-7-6-9(12-10)8-4-2-1-3-5-8/h1-7H,11H2. The van der Waals surface area contributed by atoms with Gasteiger partial charge in [-0.1, -0.05) is 30.3 Å². The number of thiophene rings is 1. The van der Waals surface area contributed by atoms with Gasteiger partial charge in [0.2, 0.25) is 0 Å². The van der Waals surface area contributed by atoms with Crippen LogP contribution in [0.3, 0.4) is 0 Å². The van der Waals surface area contributed by atoms with Gasteiger partial charge in [-0.25, -0.2) is 0 Å². The van der Waals surface area contributed by atoms with E-state index in [2.05, 4.69) is 18.2 Å². The predicted molar refractivity (Wildman–Crippen MR) is 54.2 cm³/mol. The van der Waals surface area contributed by atoms with Crippen LogP contribution in [0.1, 0.15) is 0 Å². The molecule has 1 aromatic carbocycles. The average Bonchev–Trinajstić information content (AvgIpc) is 2.54. The van der Waals surface area contributed by atoms with Gasteiger partial charge in [0.05, 0.1) is 5.00 Å². The van der Waals surface area contributed by atoms with E-state index in [1.807, 2.05) is 24.3 Å². The summed E-state index contributed by atoms with van der Waals surface area (Å²) in [6, 6.07) is 14.2. The fraction of sp³-hybridized carbons (Fsp3) is 0. The molecular formula is C10H9NS. The largest absolute Gasteiger partial charge is 0.391 e. The SMILES string of the molecule is Nc1ccc(-c2ccccc2)s1. The topological polar surface area (TPSA) is 26.0 Å². The second-order valence-electron chi connectivity index (χ2n) is 2.57. The molecule has 0 atom stereocenters. The lowest BCUT2D eigenvalue weighted by Gasteiger charge is -1.93. The Balaban J connectivity index is 2.45. The fourth-order valence-electron chi connectivity index (χ4n) is 1.11. The molecule has 0 fully saturated rings. The van der Waals surface area contributed by atoms with Crippen LogP contribution >= 0.6 is 11.3 Å². The van der Waals surface area contributed by atoms with E-state index < -0.39 is 0 Å². The van der Waals surface area contributed by atoms with Crippen molar-refractivity contribution in [2.45, 2.75) is 0 Å². The maximum absolute atomic E-state index is 5.63. The van der Waals surface area contributed by atoms with Gasteiger partial charge in [0.25, 0.3) is 0 Å². The number of hydrogen-bond acceptors (Lipinski definition) is 2. The Labute approximate surface area is 75.5 Å². The molecule has 0 aliphatic heterocycles. The lowest BCUT2D eigenvalue weighted by Crippen LogP contribution is -1.72. The first-order valence-electron chi connectivity index (χ1n) is 3.77. The molecule has 0 bridgehead atoms. The summed E-state index contributed by atoms with van der Waals surface area (Å²) in [7, 11) is 0. The maximum Gasteiger partial charge on any atom is 0.0862 e. The monoisotopic (exact) mass is 175 g/mol. The minimum atomic E-state index is 0.869. The number of nitrogen functional groups attached to an aromatic ring is 1. The molecular weight excluding hydrogens is 166 g/mol. The molecule has 0 spiro atoms. The average molecular weight is 175 g/mol. The Morgan fingerprint density at radius 1 is 0.917 bits per heavy atom. The molecule has 0 aliphatic rings. The Bertz CT molecular complexity index is 364. The van der Waals surface area contributed by atoms with Crippen LogP contribution in [0.4, 0.5) is 5.00 Å². The number of rotatable bonds is 1. The van der Waals surface area contributed by atoms with Gasteiger partial charge < -0.3 is 5.73 Å². The van der Waals surface area contributed by atoms with Crippen LogP contribution in [0.2, 0.25) is 0 Å². The van der Waals surface area contributed by atoms with Gasteiger partial charge >= 0.3 is 0 Å². The van der Waals surface area contributed by atoms with E-state index >= 15 is 0 Å². The van der Waals surface area contributed by atoms with E-state index in [9.17, 15) is 0 Å². The van der Waals surface area contributed by atoms with E-state index in [0.29, 0.717) is 0 Å². The van der Waals surface area contributed by atoms with Crippen molar-refractivity contribution >= 4 is 16.3 Å². The molecule has 2 rings (SSSR count). The summed E-state index contributed by atoms with van der Waals surface area (Å²) in [5.41, 5.74) is 6.87. The Morgan fingerprint density at radius 2 is 1.67 bits per heavy atom. The molecule has 1 heterocycles. The molecule has 0 saturated heterocycles. The lowest BCUT2D eigenvalue weighted by atomic mass is 10.2. The Kier molecular flexibility index (Phi) is 1.84. The Hall–Kier alpha value is -1.28. The molecule has 0 saturated carbocycles. The van der Waals surface area contributed by atoms with E-state index in [-0.39, 0.29) is 0 Å². The van der Waals surface area contributed by atoms with E-state index in [1.54, 1.807) is 11.3 Å². The number of anilines is 1. The molecule has 0 radical (unpaired) electrons. The minimum Gasteiger partial charge on any atom is -0.391 e. The van der Waals surface area contributed by atoms with Gasteiger partial charge in [-0.15, -0.1) is 11.3 Å². The number of hydrogen-bond donors (Lipinski definition) is 1. The molecule has 2 N–H and O–H groups in total. The summed E-state index contributed by atoms with van der Waals surface area (Å²) in [5, 5.41) is 0.869. The van der Waals surface area contributed by atoms with E-state index in [1.165, 1.54) is 10.4 Å². The van der Waals surface area contributed by atoms with Crippen LogP contribution in [0.15, 0.2) is 42.5 Å². The van der Waals surface area contributed by atoms with Crippen LogP contribution in [0, 0.1) is 0 Å². The summed E-state index contributed by atoms with van der Waals surface area (Å²) in [5.74, 6) is 0. The zero-order valence-corrected chi connectivity index (χ0v) is 7.34.